The molecule has 0 saturated heterocycles. The first-order chi connectivity index (χ1) is 22.5. The van der Waals surface area contributed by atoms with E-state index < -0.39 is 34.3 Å². The van der Waals surface area contributed by atoms with Gasteiger partial charge in [-0.25, -0.2) is 12.8 Å². The second-order valence-electron chi connectivity index (χ2n) is 11.8. The fourth-order valence-electron chi connectivity index (χ4n) is 5.73. The Labute approximate surface area is 285 Å². The van der Waals surface area contributed by atoms with Gasteiger partial charge in [0.15, 0.2) is 0 Å². The van der Waals surface area contributed by atoms with Gasteiger partial charge >= 0.3 is 0 Å². The maximum Gasteiger partial charge on any atom is 0.264 e. The number of hydrogen-bond donors (Lipinski definition) is 1. The molecular formula is C36H36Cl2FN3O4S. The largest absolute Gasteiger partial charge is 0.352 e. The molecule has 0 heterocycles. The summed E-state index contributed by atoms with van der Waals surface area (Å²) in [5.74, 6) is -1.54. The van der Waals surface area contributed by atoms with Crippen LogP contribution in [-0.4, -0.2) is 43.8 Å². The van der Waals surface area contributed by atoms with Gasteiger partial charge in [0.25, 0.3) is 10.0 Å². The lowest BCUT2D eigenvalue weighted by Crippen LogP contribution is -2.54. The monoisotopic (exact) mass is 695 g/mol. The number of amides is 2. The highest BCUT2D eigenvalue weighted by atomic mass is 35.5. The molecule has 0 aliphatic heterocycles. The minimum Gasteiger partial charge on any atom is -0.352 e. The van der Waals surface area contributed by atoms with E-state index in [0.717, 1.165) is 65.4 Å². The van der Waals surface area contributed by atoms with Crippen LogP contribution in [0, 0.1) is 12.7 Å². The van der Waals surface area contributed by atoms with Crippen LogP contribution in [-0.2, 0) is 32.6 Å². The first-order valence-electron chi connectivity index (χ1n) is 15.4. The standard InChI is InChI=1S/C36H36Cl2FN3O4S/c1-25-11-17-31(18-12-25)42(47(45,46)32-19-15-29(39)16-20-32)24-35(43)41(23-27-13-14-28(37)22-33(27)38)34(21-26-7-3-2-4-8-26)36(44)40-30-9-5-6-10-30/h2-4,7-8,11-20,22,30,34H,5-6,9-10,21,23-24H2,1H3,(H,40,44)/t34-/m0/s1. The van der Waals surface area contributed by atoms with Crippen LogP contribution in [0.4, 0.5) is 10.1 Å². The highest BCUT2D eigenvalue weighted by molar-refractivity contribution is 7.92. The molecule has 11 heteroatoms. The Bertz CT molecular complexity index is 1800. The molecule has 1 atom stereocenters. The van der Waals surface area contributed by atoms with Crippen molar-refractivity contribution in [2.75, 3.05) is 10.8 Å². The molecule has 0 spiro atoms. The van der Waals surface area contributed by atoms with E-state index >= 15 is 0 Å². The summed E-state index contributed by atoms with van der Waals surface area (Å²) in [7, 11) is -4.35. The lowest BCUT2D eigenvalue weighted by Gasteiger charge is -2.34. The van der Waals surface area contributed by atoms with Gasteiger partial charge in [-0.3, -0.25) is 13.9 Å². The Hall–Kier alpha value is -3.92. The van der Waals surface area contributed by atoms with Crippen molar-refractivity contribution in [2.24, 2.45) is 0 Å². The highest BCUT2D eigenvalue weighted by Gasteiger charge is 2.36. The van der Waals surface area contributed by atoms with Crippen molar-refractivity contribution in [3.63, 3.8) is 0 Å². The molecule has 1 fully saturated rings. The molecule has 5 rings (SSSR count). The average Bonchev–Trinajstić information content (AvgIpc) is 3.56. The van der Waals surface area contributed by atoms with Crippen molar-refractivity contribution in [2.45, 2.75) is 62.6 Å². The second kappa shape index (κ2) is 15.3. The van der Waals surface area contributed by atoms with Crippen LogP contribution < -0.4 is 9.62 Å². The van der Waals surface area contributed by atoms with Crippen molar-refractivity contribution in [3.8, 4) is 0 Å². The van der Waals surface area contributed by atoms with Crippen LogP contribution in [0.1, 0.15) is 42.4 Å². The fraction of sp³-hybridized carbons (Fsp3) is 0.278. The molecule has 0 radical (unpaired) electrons. The third-order valence-corrected chi connectivity index (χ3v) is 10.7. The van der Waals surface area contributed by atoms with E-state index in [9.17, 15) is 22.4 Å². The number of benzene rings is 4. The van der Waals surface area contributed by atoms with Crippen molar-refractivity contribution in [3.05, 3.63) is 130 Å². The Morgan fingerprint density at radius 3 is 2.21 bits per heavy atom. The van der Waals surface area contributed by atoms with E-state index in [1.165, 1.54) is 4.90 Å². The predicted octanol–water partition coefficient (Wildman–Crippen LogP) is 7.34. The molecule has 1 aliphatic carbocycles. The molecule has 246 valence electrons. The van der Waals surface area contributed by atoms with Crippen LogP contribution in [0.15, 0.2) is 102 Å². The van der Waals surface area contributed by atoms with Crippen LogP contribution >= 0.6 is 23.2 Å². The van der Waals surface area contributed by atoms with Gasteiger partial charge in [0.05, 0.1) is 10.6 Å². The first-order valence-corrected chi connectivity index (χ1v) is 17.6. The number of rotatable bonds is 12. The number of carbonyl (C=O) groups excluding carboxylic acids is 2. The maximum atomic E-state index is 14.6. The summed E-state index contributed by atoms with van der Waals surface area (Å²) in [5.41, 5.74) is 2.50. The smallest absolute Gasteiger partial charge is 0.264 e. The van der Waals surface area contributed by atoms with Gasteiger partial charge in [0.2, 0.25) is 11.8 Å². The quantitative estimate of drug-likeness (QED) is 0.168. The highest BCUT2D eigenvalue weighted by Crippen LogP contribution is 2.28. The molecule has 0 aromatic heterocycles. The van der Waals surface area contributed by atoms with Gasteiger partial charge in [0, 0.05) is 29.1 Å². The SMILES string of the molecule is Cc1ccc(N(CC(=O)N(Cc2ccc(Cl)cc2Cl)[C@@H](Cc2ccccc2)C(=O)NC2CCCC2)S(=O)(=O)c2ccc(F)cc2)cc1. The summed E-state index contributed by atoms with van der Waals surface area (Å²) in [4.78, 5) is 29.9. The van der Waals surface area contributed by atoms with E-state index in [1.54, 1.807) is 42.5 Å². The topological polar surface area (TPSA) is 86.8 Å². The number of sulfonamides is 1. The van der Waals surface area contributed by atoms with Crippen molar-refractivity contribution in [1.82, 2.24) is 10.2 Å². The lowest BCUT2D eigenvalue weighted by molar-refractivity contribution is -0.140. The number of nitrogens with zero attached hydrogens (tertiary/aromatic N) is 2. The second-order valence-corrected chi connectivity index (χ2v) is 14.5. The summed E-state index contributed by atoms with van der Waals surface area (Å²) < 4.78 is 42.9. The van der Waals surface area contributed by atoms with Crippen LogP contribution in [0.25, 0.3) is 0 Å². The summed E-state index contributed by atoms with van der Waals surface area (Å²) in [6.07, 6.45) is 3.88. The van der Waals surface area contributed by atoms with Crippen molar-refractivity contribution < 1.29 is 22.4 Å². The van der Waals surface area contributed by atoms with Gasteiger partial charge in [-0.15, -0.1) is 0 Å². The summed E-state index contributed by atoms with van der Waals surface area (Å²) in [6.45, 7) is 1.15. The number of nitrogens with one attached hydrogen (secondary N) is 1. The van der Waals surface area contributed by atoms with Gasteiger partial charge in [-0.1, -0.05) is 90.1 Å². The molecule has 0 unspecified atom stereocenters. The summed E-state index contributed by atoms with van der Waals surface area (Å²) in [6, 6.07) is 24.4. The number of aryl methyl sites for hydroxylation is 1. The van der Waals surface area contributed by atoms with E-state index in [1.807, 2.05) is 37.3 Å². The van der Waals surface area contributed by atoms with Gasteiger partial charge in [0.1, 0.15) is 18.4 Å². The number of carbonyl (C=O) groups is 2. The summed E-state index contributed by atoms with van der Waals surface area (Å²) >= 11 is 12.8. The van der Waals surface area contributed by atoms with Crippen LogP contribution in [0.5, 0.6) is 0 Å². The Morgan fingerprint density at radius 2 is 1.57 bits per heavy atom. The molecular weight excluding hydrogens is 660 g/mol. The first kappa shape index (κ1) is 34.4. The fourth-order valence-corrected chi connectivity index (χ4v) is 7.61. The number of anilines is 1. The molecule has 1 aliphatic rings. The predicted molar refractivity (Wildman–Crippen MR) is 183 cm³/mol. The summed E-state index contributed by atoms with van der Waals surface area (Å²) in [5, 5.41) is 3.86. The van der Waals surface area contributed by atoms with E-state index in [2.05, 4.69) is 5.32 Å². The van der Waals surface area contributed by atoms with E-state index in [-0.39, 0.29) is 35.5 Å². The normalized spacial score (nSPS) is 14.0. The zero-order valence-corrected chi connectivity index (χ0v) is 28.2. The molecule has 47 heavy (non-hydrogen) atoms. The molecule has 7 nitrogen and oxygen atoms in total. The molecule has 2 amide bonds. The van der Waals surface area contributed by atoms with Crippen molar-refractivity contribution >= 4 is 50.7 Å². The lowest BCUT2D eigenvalue weighted by atomic mass is 10.0. The Morgan fingerprint density at radius 1 is 0.915 bits per heavy atom. The molecule has 0 bridgehead atoms. The van der Waals surface area contributed by atoms with Crippen LogP contribution in [0.2, 0.25) is 10.0 Å². The number of hydrogen-bond acceptors (Lipinski definition) is 4. The molecule has 4 aromatic rings. The molecule has 4 aromatic carbocycles. The number of halogens is 3. The molecule has 1 saturated carbocycles. The minimum atomic E-state index is -4.35. The minimum absolute atomic E-state index is 0.0141. The van der Waals surface area contributed by atoms with E-state index in [4.69, 9.17) is 23.2 Å². The third-order valence-electron chi connectivity index (χ3n) is 8.33. The Kier molecular flexibility index (Phi) is 11.2. The van der Waals surface area contributed by atoms with Gasteiger partial charge in [-0.05, 0) is 79.4 Å². The zero-order chi connectivity index (χ0) is 33.6. The maximum absolute atomic E-state index is 14.6. The van der Waals surface area contributed by atoms with Gasteiger partial charge in [-0.2, -0.15) is 0 Å². The third kappa shape index (κ3) is 8.71. The zero-order valence-electron chi connectivity index (χ0n) is 25.9. The Balaban J connectivity index is 1.58. The van der Waals surface area contributed by atoms with Crippen molar-refractivity contribution in [1.29, 1.82) is 0 Å². The van der Waals surface area contributed by atoms with Crippen LogP contribution in [0.3, 0.4) is 0 Å². The molecule has 1 N–H and O–H groups in total. The average molecular weight is 697 g/mol. The van der Waals surface area contributed by atoms with E-state index in [0.29, 0.717) is 15.6 Å². The van der Waals surface area contributed by atoms with Gasteiger partial charge < -0.3 is 10.2 Å².